The Labute approximate surface area is 84.5 Å². The lowest BCUT2D eigenvalue weighted by atomic mass is 9.98. The summed E-state index contributed by atoms with van der Waals surface area (Å²) in [7, 11) is 1.74. The fourth-order valence-corrected chi connectivity index (χ4v) is 1.57. The van der Waals surface area contributed by atoms with Crippen molar-refractivity contribution in [1.82, 2.24) is 5.32 Å². The molecule has 0 bridgehead atoms. The zero-order valence-corrected chi connectivity index (χ0v) is 9.44. The third-order valence-corrected chi connectivity index (χ3v) is 2.44. The second-order valence-electron chi connectivity index (χ2n) is 4.17. The van der Waals surface area contributed by atoms with Gasteiger partial charge in [-0.2, -0.15) is 0 Å². The predicted octanol–water partition coefficient (Wildman–Crippen LogP) is 2.91. The molecule has 0 aromatic carbocycles. The topological polar surface area (TPSA) is 25.2 Å². The molecule has 1 rings (SSSR count). The van der Waals surface area contributed by atoms with Crippen LogP contribution in [-0.4, -0.2) is 12.7 Å². The second kappa shape index (κ2) is 3.73. The van der Waals surface area contributed by atoms with Crippen molar-refractivity contribution in [3.05, 3.63) is 23.2 Å². The zero-order valence-electron chi connectivity index (χ0n) is 9.44. The van der Waals surface area contributed by atoms with Crippen molar-refractivity contribution in [1.29, 1.82) is 0 Å². The Morgan fingerprint density at radius 3 is 2.29 bits per heavy atom. The Balaban J connectivity index is 3.01. The lowest BCUT2D eigenvalue weighted by Crippen LogP contribution is -2.33. The maximum Gasteiger partial charge on any atom is 0.127 e. The van der Waals surface area contributed by atoms with Crippen LogP contribution >= 0.6 is 0 Å². The number of aryl methyl sites for hydroxylation is 2. The molecular formula is C11H18FNO. The van der Waals surface area contributed by atoms with E-state index in [1.807, 2.05) is 19.9 Å². The van der Waals surface area contributed by atoms with Gasteiger partial charge in [0.2, 0.25) is 0 Å². The summed E-state index contributed by atoms with van der Waals surface area (Å²) in [6.45, 7) is 6.93. The Morgan fingerprint density at radius 2 is 2.00 bits per heavy atom. The van der Waals surface area contributed by atoms with Crippen LogP contribution in [0.1, 0.15) is 37.0 Å². The number of halogens is 1. The largest absolute Gasteiger partial charge is 0.464 e. The molecule has 1 heterocycles. The Morgan fingerprint density at radius 1 is 1.43 bits per heavy atom. The van der Waals surface area contributed by atoms with Crippen LogP contribution in [0, 0.1) is 13.8 Å². The van der Waals surface area contributed by atoms with Gasteiger partial charge < -0.3 is 9.73 Å². The quantitative estimate of drug-likeness (QED) is 0.809. The lowest BCUT2D eigenvalue weighted by molar-refractivity contribution is 0.139. The summed E-state index contributed by atoms with van der Waals surface area (Å²) in [6.07, 6.45) is 0. The van der Waals surface area contributed by atoms with E-state index >= 15 is 0 Å². The molecule has 1 unspecified atom stereocenters. The molecule has 0 amide bonds. The fourth-order valence-electron chi connectivity index (χ4n) is 1.57. The van der Waals surface area contributed by atoms with Gasteiger partial charge in [0, 0.05) is 0 Å². The van der Waals surface area contributed by atoms with E-state index in [1.165, 1.54) is 0 Å². The van der Waals surface area contributed by atoms with Crippen molar-refractivity contribution >= 4 is 0 Å². The minimum absolute atomic E-state index is 0.394. The molecule has 0 saturated carbocycles. The first-order valence-corrected chi connectivity index (χ1v) is 4.79. The Kier molecular flexibility index (Phi) is 3.00. The van der Waals surface area contributed by atoms with E-state index in [-0.39, 0.29) is 0 Å². The smallest absolute Gasteiger partial charge is 0.127 e. The molecule has 0 spiro atoms. The first-order chi connectivity index (χ1) is 6.36. The van der Waals surface area contributed by atoms with Gasteiger partial charge in [-0.05, 0) is 46.4 Å². The van der Waals surface area contributed by atoms with Gasteiger partial charge in [0.1, 0.15) is 17.2 Å². The molecule has 80 valence electrons. The molecule has 0 aliphatic heterocycles. The summed E-state index contributed by atoms with van der Waals surface area (Å²) in [6, 6.07) is 1.49. The number of nitrogens with one attached hydrogen (secondary N) is 1. The van der Waals surface area contributed by atoms with E-state index in [2.05, 4.69) is 5.32 Å². The number of rotatable bonds is 3. The van der Waals surface area contributed by atoms with E-state index in [0.717, 1.165) is 11.3 Å². The maximum absolute atomic E-state index is 13.8. The highest BCUT2D eigenvalue weighted by molar-refractivity contribution is 5.22. The SMILES string of the molecule is CNC(c1cc(C)c(C)o1)C(C)(C)F. The summed E-state index contributed by atoms with van der Waals surface area (Å²) in [5.41, 5.74) is -0.268. The van der Waals surface area contributed by atoms with Crippen LogP contribution in [0.3, 0.4) is 0 Å². The van der Waals surface area contributed by atoms with E-state index in [1.54, 1.807) is 20.9 Å². The van der Waals surface area contributed by atoms with Gasteiger partial charge in [-0.3, -0.25) is 0 Å². The number of furan rings is 1. The second-order valence-corrected chi connectivity index (χ2v) is 4.17. The highest BCUT2D eigenvalue weighted by Gasteiger charge is 2.31. The highest BCUT2D eigenvalue weighted by atomic mass is 19.1. The molecule has 1 aromatic heterocycles. The minimum atomic E-state index is -1.33. The van der Waals surface area contributed by atoms with Crippen molar-refractivity contribution in [3.63, 3.8) is 0 Å². The molecule has 0 aliphatic rings. The first-order valence-electron chi connectivity index (χ1n) is 4.79. The number of alkyl halides is 1. The third kappa shape index (κ3) is 2.15. The lowest BCUT2D eigenvalue weighted by Gasteiger charge is -2.24. The van der Waals surface area contributed by atoms with Gasteiger partial charge in [0.05, 0.1) is 6.04 Å². The van der Waals surface area contributed by atoms with E-state index < -0.39 is 11.7 Å². The predicted molar refractivity (Wildman–Crippen MR) is 55.2 cm³/mol. The van der Waals surface area contributed by atoms with Gasteiger partial charge in [0.25, 0.3) is 0 Å². The van der Waals surface area contributed by atoms with Gasteiger partial charge in [0.15, 0.2) is 0 Å². The van der Waals surface area contributed by atoms with Crippen LogP contribution in [0.4, 0.5) is 4.39 Å². The molecule has 0 fully saturated rings. The van der Waals surface area contributed by atoms with Gasteiger partial charge in [-0.15, -0.1) is 0 Å². The highest BCUT2D eigenvalue weighted by Crippen LogP contribution is 2.30. The van der Waals surface area contributed by atoms with Crippen LogP contribution in [0.25, 0.3) is 0 Å². The van der Waals surface area contributed by atoms with E-state index in [0.29, 0.717) is 5.76 Å². The van der Waals surface area contributed by atoms with Gasteiger partial charge in [-0.25, -0.2) is 4.39 Å². The molecule has 0 radical (unpaired) electrons. The summed E-state index contributed by atoms with van der Waals surface area (Å²) in [5, 5.41) is 2.93. The molecule has 14 heavy (non-hydrogen) atoms. The van der Waals surface area contributed by atoms with E-state index in [4.69, 9.17) is 4.42 Å². The maximum atomic E-state index is 13.8. The summed E-state index contributed by atoms with van der Waals surface area (Å²) in [5.74, 6) is 1.51. The molecule has 1 aromatic rings. The standard InChI is InChI=1S/C11H18FNO/c1-7-6-9(14-8(7)2)10(13-5)11(3,4)12/h6,10,13H,1-5H3. The molecular weight excluding hydrogens is 181 g/mol. The van der Waals surface area contributed by atoms with Crippen molar-refractivity contribution in [2.75, 3.05) is 7.05 Å². The van der Waals surface area contributed by atoms with Gasteiger partial charge >= 0.3 is 0 Å². The average Bonchev–Trinajstić information content (AvgIpc) is 2.30. The zero-order chi connectivity index (χ0) is 10.9. The van der Waals surface area contributed by atoms with Crippen molar-refractivity contribution in [2.24, 2.45) is 0 Å². The molecule has 0 aliphatic carbocycles. The van der Waals surface area contributed by atoms with Crippen molar-refractivity contribution in [2.45, 2.75) is 39.4 Å². The van der Waals surface area contributed by atoms with Crippen molar-refractivity contribution < 1.29 is 8.81 Å². The molecule has 1 N–H and O–H groups in total. The van der Waals surface area contributed by atoms with Crippen LogP contribution < -0.4 is 5.32 Å². The Hall–Kier alpha value is -0.830. The molecule has 2 nitrogen and oxygen atoms in total. The monoisotopic (exact) mass is 199 g/mol. The average molecular weight is 199 g/mol. The van der Waals surface area contributed by atoms with Crippen LogP contribution in [-0.2, 0) is 0 Å². The van der Waals surface area contributed by atoms with E-state index in [9.17, 15) is 4.39 Å². The number of hydrogen-bond acceptors (Lipinski definition) is 2. The molecule has 3 heteroatoms. The first kappa shape index (κ1) is 11.2. The van der Waals surface area contributed by atoms with Gasteiger partial charge in [-0.1, -0.05) is 0 Å². The van der Waals surface area contributed by atoms with Crippen LogP contribution in [0.2, 0.25) is 0 Å². The fraction of sp³-hybridized carbons (Fsp3) is 0.636. The van der Waals surface area contributed by atoms with Crippen molar-refractivity contribution in [3.8, 4) is 0 Å². The summed E-state index contributed by atoms with van der Waals surface area (Å²) >= 11 is 0. The third-order valence-electron chi connectivity index (χ3n) is 2.44. The number of hydrogen-bond donors (Lipinski definition) is 1. The molecule has 0 saturated heterocycles. The minimum Gasteiger partial charge on any atom is -0.464 e. The van der Waals surface area contributed by atoms with Crippen LogP contribution in [0.15, 0.2) is 10.5 Å². The summed E-state index contributed by atoms with van der Waals surface area (Å²) < 4.78 is 19.2. The summed E-state index contributed by atoms with van der Waals surface area (Å²) in [4.78, 5) is 0. The Bertz CT molecular complexity index is 292. The molecule has 1 atom stereocenters. The normalized spacial score (nSPS) is 14.4. The van der Waals surface area contributed by atoms with Crippen LogP contribution in [0.5, 0.6) is 0 Å².